The van der Waals surface area contributed by atoms with Gasteiger partial charge in [-0.05, 0) is 83.5 Å². The Morgan fingerprint density at radius 1 is 1.12 bits per heavy atom. The number of phenolic OH excluding ortho intramolecular Hbond substituents is 1. The Labute approximate surface area is 237 Å². The molecule has 0 saturated heterocycles. The number of hydrogen-bond acceptors (Lipinski definition) is 10. The number of amides is 1. The summed E-state index contributed by atoms with van der Waals surface area (Å²) in [6, 6.07) is 5.45. The number of carbonyl (C=O) groups is 5. The van der Waals surface area contributed by atoms with Gasteiger partial charge in [0.2, 0.25) is 5.91 Å². The predicted molar refractivity (Wildman–Crippen MR) is 146 cm³/mol. The number of phenols is 1. The fraction of sp³-hybridized carbons (Fsp3) is 0.500. The lowest BCUT2D eigenvalue weighted by atomic mass is 9.52. The van der Waals surface area contributed by atoms with Gasteiger partial charge in [-0.15, -0.1) is 0 Å². The number of aliphatic hydroxyl groups is 1. The molecule has 3 aliphatic carbocycles. The zero-order valence-corrected chi connectivity index (χ0v) is 23.7. The van der Waals surface area contributed by atoms with Crippen molar-refractivity contribution in [2.24, 2.45) is 29.4 Å². The predicted octanol–water partition coefficient (Wildman–Crippen LogP) is 1.02. The number of carbonyl (C=O) groups excluding carboxylic acids is 5. The molecule has 2 saturated carbocycles. The van der Waals surface area contributed by atoms with Gasteiger partial charge in [-0.2, -0.15) is 0 Å². The monoisotopic (exact) mass is 565 g/mol. The number of likely N-dealkylation sites (N-methyl/N-ethyl adjacent to an activating group) is 1. The number of furan rings is 1. The van der Waals surface area contributed by atoms with Crippen LogP contribution in [-0.4, -0.2) is 75.4 Å². The molecule has 1 heterocycles. The standard InChI is InChI=1S/C30H35N3O8/c1-29(2,3)32-12-14-6-9-19(41-14)15-7-8-18(34)21-16(15)10-13-11-17-23(33(4)5)25(36)22(28(31)39)27(38)30(17,40)26(37)20(13)24(21)35/h6-9,13,17,20,22-23,32,34,40H,10-12H2,1-5H3,(H2,31,39)/t13-,17-,20?,22?,23+,30-/m0/s1. The molecule has 2 unspecified atom stereocenters. The van der Waals surface area contributed by atoms with Crippen LogP contribution in [-0.2, 0) is 32.1 Å². The van der Waals surface area contributed by atoms with Gasteiger partial charge in [0.1, 0.15) is 17.3 Å². The van der Waals surface area contributed by atoms with Crippen molar-refractivity contribution in [3.05, 3.63) is 41.2 Å². The highest BCUT2D eigenvalue weighted by Gasteiger charge is 2.69. The first-order valence-electron chi connectivity index (χ1n) is 13.6. The second-order valence-corrected chi connectivity index (χ2v) is 12.6. The lowest BCUT2D eigenvalue weighted by molar-refractivity contribution is -0.181. The van der Waals surface area contributed by atoms with Gasteiger partial charge in [-0.3, -0.25) is 28.9 Å². The molecule has 2 aromatic rings. The van der Waals surface area contributed by atoms with E-state index in [0.717, 1.165) is 0 Å². The summed E-state index contributed by atoms with van der Waals surface area (Å²) in [4.78, 5) is 68.0. The van der Waals surface area contributed by atoms with Gasteiger partial charge in [0.25, 0.3) is 0 Å². The summed E-state index contributed by atoms with van der Waals surface area (Å²) in [6.07, 6.45) is 0.143. The lowest BCUT2D eigenvalue weighted by Crippen LogP contribution is -2.74. The molecule has 0 radical (unpaired) electrons. The molecule has 11 nitrogen and oxygen atoms in total. The molecule has 1 amide bonds. The second kappa shape index (κ2) is 9.71. The van der Waals surface area contributed by atoms with Crippen LogP contribution in [0.25, 0.3) is 11.3 Å². The zero-order chi connectivity index (χ0) is 30.2. The summed E-state index contributed by atoms with van der Waals surface area (Å²) in [6.45, 7) is 6.57. The summed E-state index contributed by atoms with van der Waals surface area (Å²) in [5, 5.41) is 25.8. The van der Waals surface area contributed by atoms with E-state index in [4.69, 9.17) is 10.2 Å². The first kappa shape index (κ1) is 28.8. The van der Waals surface area contributed by atoms with Crippen molar-refractivity contribution in [2.75, 3.05) is 14.1 Å². The third-order valence-corrected chi connectivity index (χ3v) is 8.66. The maximum atomic E-state index is 13.9. The molecule has 0 spiro atoms. The van der Waals surface area contributed by atoms with Crippen LogP contribution in [0.15, 0.2) is 28.7 Å². The molecule has 41 heavy (non-hydrogen) atoms. The largest absolute Gasteiger partial charge is 0.507 e. The smallest absolute Gasteiger partial charge is 0.235 e. The third-order valence-electron chi connectivity index (χ3n) is 8.66. The lowest BCUT2D eigenvalue weighted by Gasteiger charge is -2.52. The number of Topliss-reactive ketones (excluding diaryl/α,β-unsaturated/α-hetero) is 4. The van der Waals surface area contributed by atoms with Crippen LogP contribution in [0.2, 0.25) is 0 Å². The van der Waals surface area contributed by atoms with Crippen LogP contribution in [0.4, 0.5) is 0 Å². The number of nitrogens with one attached hydrogen (secondary N) is 1. The van der Waals surface area contributed by atoms with Crippen molar-refractivity contribution >= 4 is 29.0 Å². The molecule has 218 valence electrons. The molecule has 3 aliphatic rings. The van der Waals surface area contributed by atoms with Crippen LogP contribution in [0, 0.1) is 23.7 Å². The summed E-state index contributed by atoms with van der Waals surface area (Å²) < 4.78 is 6.07. The topological polar surface area (TPSA) is 180 Å². The molecule has 5 N–H and O–H groups in total. The highest BCUT2D eigenvalue weighted by molar-refractivity contribution is 6.32. The second-order valence-electron chi connectivity index (χ2n) is 12.6. The maximum absolute atomic E-state index is 13.9. The molecule has 0 bridgehead atoms. The van der Waals surface area contributed by atoms with Gasteiger partial charge in [-0.1, -0.05) is 0 Å². The molecule has 6 atom stereocenters. The van der Waals surface area contributed by atoms with Crippen LogP contribution in [0.3, 0.4) is 0 Å². The normalized spacial score (nSPS) is 29.8. The Morgan fingerprint density at radius 3 is 2.41 bits per heavy atom. The Kier molecular flexibility index (Phi) is 6.83. The average Bonchev–Trinajstić information content (AvgIpc) is 3.33. The number of nitrogens with two attached hydrogens (primary N) is 1. The van der Waals surface area contributed by atoms with Crippen LogP contribution in [0.1, 0.15) is 48.9 Å². The van der Waals surface area contributed by atoms with Crippen molar-refractivity contribution < 1.29 is 38.6 Å². The van der Waals surface area contributed by atoms with Gasteiger partial charge in [0, 0.05) is 17.0 Å². The van der Waals surface area contributed by atoms with Gasteiger partial charge in [-0.25, -0.2) is 0 Å². The average molecular weight is 566 g/mol. The highest BCUT2D eigenvalue weighted by atomic mass is 16.3. The highest BCUT2D eigenvalue weighted by Crippen LogP contribution is 2.51. The minimum Gasteiger partial charge on any atom is -0.507 e. The quantitative estimate of drug-likeness (QED) is 0.382. The molecule has 0 aliphatic heterocycles. The number of fused-ring (bicyclic) bond motifs is 3. The summed E-state index contributed by atoms with van der Waals surface area (Å²) >= 11 is 0. The van der Waals surface area contributed by atoms with Crippen molar-refractivity contribution in [1.29, 1.82) is 0 Å². The minimum atomic E-state index is -2.75. The molecule has 11 heteroatoms. The van der Waals surface area contributed by atoms with E-state index in [9.17, 15) is 34.2 Å². The Hall–Kier alpha value is -3.67. The number of benzene rings is 1. The van der Waals surface area contributed by atoms with Crippen molar-refractivity contribution in [1.82, 2.24) is 10.2 Å². The van der Waals surface area contributed by atoms with E-state index in [1.165, 1.54) is 11.0 Å². The van der Waals surface area contributed by atoms with Gasteiger partial charge in [0.15, 0.2) is 34.7 Å². The van der Waals surface area contributed by atoms with Gasteiger partial charge >= 0.3 is 0 Å². The van der Waals surface area contributed by atoms with Crippen LogP contribution < -0.4 is 11.1 Å². The number of hydrogen-bond donors (Lipinski definition) is 4. The van der Waals surface area contributed by atoms with Crippen molar-refractivity contribution in [3.63, 3.8) is 0 Å². The molecular weight excluding hydrogens is 530 g/mol. The van der Waals surface area contributed by atoms with Crippen molar-refractivity contribution in [2.45, 2.75) is 57.3 Å². The number of aromatic hydroxyl groups is 1. The molecular formula is C30H35N3O8. The number of primary amides is 1. The van der Waals surface area contributed by atoms with E-state index < -0.39 is 64.4 Å². The maximum Gasteiger partial charge on any atom is 0.235 e. The van der Waals surface area contributed by atoms with E-state index in [1.807, 2.05) is 26.8 Å². The van der Waals surface area contributed by atoms with Crippen molar-refractivity contribution in [3.8, 4) is 17.1 Å². The SMILES string of the molecule is CN(C)[C@H]1C(=O)C(C(N)=O)C(=O)[C@@]2(O)C(=O)C3C(=O)c4c(O)ccc(-c5ccc(CNC(C)(C)C)o5)c4C[C@H]3C[C@@H]12. The summed E-state index contributed by atoms with van der Waals surface area (Å²) in [5.74, 6) is -9.59. The summed E-state index contributed by atoms with van der Waals surface area (Å²) in [5.41, 5.74) is 3.47. The van der Waals surface area contributed by atoms with E-state index >= 15 is 0 Å². The summed E-state index contributed by atoms with van der Waals surface area (Å²) in [7, 11) is 3.10. The van der Waals surface area contributed by atoms with Crippen LogP contribution in [0.5, 0.6) is 5.75 Å². The van der Waals surface area contributed by atoms with Gasteiger partial charge in [0.05, 0.1) is 24.1 Å². The Bertz CT molecular complexity index is 1480. The van der Waals surface area contributed by atoms with E-state index in [1.54, 1.807) is 26.2 Å². The zero-order valence-electron chi connectivity index (χ0n) is 23.7. The Balaban J connectivity index is 1.57. The van der Waals surface area contributed by atoms with E-state index in [0.29, 0.717) is 29.2 Å². The van der Waals surface area contributed by atoms with Gasteiger partial charge < -0.3 is 25.7 Å². The first-order valence-corrected chi connectivity index (χ1v) is 13.6. The molecule has 5 rings (SSSR count). The van der Waals surface area contributed by atoms with Crippen LogP contribution >= 0.6 is 0 Å². The third kappa shape index (κ3) is 4.43. The first-order chi connectivity index (χ1) is 19.1. The fourth-order valence-corrected chi connectivity index (χ4v) is 6.81. The molecule has 1 aromatic carbocycles. The fourth-order valence-electron chi connectivity index (χ4n) is 6.81. The van der Waals surface area contributed by atoms with E-state index in [-0.39, 0.29) is 29.7 Å². The molecule has 2 fully saturated rings. The number of nitrogens with zero attached hydrogens (tertiary/aromatic N) is 1. The number of ketones is 4. The Morgan fingerprint density at radius 2 is 1.80 bits per heavy atom. The molecule has 1 aromatic heterocycles. The number of rotatable bonds is 5. The minimum absolute atomic E-state index is 0.0160. The van der Waals surface area contributed by atoms with E-state index in [2.05, 4.69) is 5.32 Å².